The second-order valence-corrected chi connectivity index (χ2v) is 7.19. The Hall–Kier alpha value is -0.420. The molecule has 0 radical (unpaired) electrons. The minimum absolute atomic E-state index is 0.146. The van der Waals surface area contributed by atoms with Crippen LogP contribution >= 0.6 is 11.8 Å². The molecule has 0 bridgehead atoms. The topological polar surface area (TPSA) is 61.4 Å². The van der Waals surface area contributed by atoms with Gasteiger partial charge < -0.3 is 15.7 Å². The van der Waals surface area contributed by atoms with E-state index >= 15 is 0 Å². The number of nitrogens with one attached hydrogen (secondary N) is 2. The molecule has 1 saturated heterocycles. The molecule has 3 N–H and O–H groups in total. The Kier molecular flexibility index (Phi) is 4.11. The smallest absolute Gasteiger partial charge is 0.314 e. The largest absolute Gasteiger partial charge is 0.387 e. The Morgan fingerprint density at radius 3 is 2.44 bits per heavy atom. The molecule has 1 unspecified atom stereocenters. The lowest BCUT2D eigenvalue weighted by Gasteiger charge is -2.23. The van der Waals surface area contributed by atoms with E-state index in [0.717, 1.165) is 24.5 Å². The fourth-order valence-corrected chi connectivity index (χ4v) is 3.71. The minimum Gasteiger partial charge on any atom is -0.387 e. The summed E-state index contributed by atoms with van der Waals surface area (Å²) in [5.41, 5.74) is -0.366. The van der Waals surface area contributed by atoms with Crippen LogP contribution in [0.3, 0.4) is 0 Å². The van der Waals surface area contributed by atoms with E-state index in [2.05, 4.69) is 24.5 Å². The van der Waals surface area contributed by atoms with E-state index in [1.54, 1.807) is 11.8 Å². The summed E-state index contributed by atoms with van der Waals surface area (Å²) in [7, 11) is 0. The van der Waals surface area contributed by atoms with Crippen LogP contribution < -0.4 is 10.6 Å². The van der Waals surface area contributed by atoms with Crippen LogP contribution in [0.1, 0.15) is 33.1 Å². The average Bonchev–Trinajstić information content (AvgIpc) is 3.01. The van der Waals surface area contributed by atoms with Gasteiger partial charge in [0, 0.05) is 18.8 Å². The van der Waals surface area contributed by atoms with Gasteiger partial charge in [-0.05, 0) is 36.3 Å². The van der Waals surface area contributed by atoms with Crippen molar-refractivity contribution in [3.63, 3.8) is 0 Å². The Morgan fingerprint density at radius 2 is 1.94 bits per heavy atom. The monoisotopic (exact) mass is 272 g/mol. The summed E-state index contributed by atoms with van der Waals surface area (Å²) in [5, 5.41) is 15.8. The zero-order valence-corrected chi connectivity index (χ0v) is 12.1. The van der Waals surface area contributed by atoms with E-state index in [1.165, 1.54) is 12.8 Å². The summed E-state index contributed by atoms with van der Waals surface area (Å²) in [5.74, 6) is 2.33. The van der Waals surface area contributed by atoms with Crippen molar-refractivity contribution in [1.82, 2.24) is 10.6 Å². The summed E-state index contributed by atoms with van der Waals surface area (Å²) in [6, 6.07) is -0.146. The lowest BCUT2D eigenvalue weighted by molar-refractivity contribution is 0.0699. The third-order valence-corrected chi connectivity index (χ3v) is 5.61. The molecule has 1 atom stereocenters. The van der Waals surface area contributed by atoms with E-state index < -0.39 is 5.60 Å². The quantitative estimate of drug-likeness (QED) is 0.712. The summed E-state index contributed by atoms with van der Waals surface area (Å²) in [4.78, 5) is 11.7. The fraction of sp³-hybridized carbons (Fsp3) is 0.923. The first-order chi connectivity index (χ1) is 8.46. The second-order valence-electron chi connectivity index (χ2n) is 6.08. The molecule has 1 saturated carbocycles. The Labute approximate surface area is 113 Å². The lowest BCUT2D eigenvalue weighted by Crippen LogP contribution is -2.47. The Bertz CT molecular complexity index is 302. The molecule has 0 aromatic carbocycles. The van der Waals surface area contributed by atoms with Gasteiger partial charge in [0.2, 0.25) is 0 Å². The number of urea groups is 1. The molecule has 18 heavy (non-hydrogen) atoms. The van der Waals surface area contributed by atoms with Gasteiger partial charge in [0.25, 0.3) is 0 Å². The summed E-state index contributed by atoms with van der Waals surface area (Å²) in [6.45, 7) is 5.54. The van der Waals surface area contributed by atoms with Crippen molar-refractivity contribution in [2.45, 2.75) is 38.7 Å². The normalized spacial score (nSPS) is 29.3. The summed E-state index contributed by atoms with van der Waals surface area (Å²) >= 11 is 1.74. The molecule has 2 amide bonds. The van der Waals surface area contributed by atoms with Crippen molar-refractivity contribution in [1.29, 1.82) is 0 Å². The molecule has 2 fully saturated rings. The van der Waals surface area contributed by atoms with Crippen LogP contribution in [0.5, 0.6) is 0 Å². The van der Waals surface area contributed by atoms with Crippen molar-refractivity contribution >= 4 is 17.8 Å². The molecule has 1 aliphatic carbocycles. The highest BCUT2D eigenvalue weighted by molar-refractivity contribution is 7.99. The van der Waals surface area contributed by atoms with Crippen LogP contribution in [0, 0.1) is 11.3 Å². The number of aliphatic hydroxyl groups is 1. The van der Waals surface area contributed by atoms with Gasteiger partial charge in [-0.3, -0.25) is 0 Å². The van der Waals surface area contributed by atoms with Crippen molar-refractivity contribution in [2.24, 2.45) is 11.3 Å². The molecule has 2 rings (SSSR count). The number of carbonyl (C=O) groups excluding carboxylic acids is 1. The predicted molar refractivity (Wildman–Crippen MR) is 74.8 cm³/mol. The molecular weight excluding hydrogens is 248 g/mol. The average molecular weight is 272 g/mol. The van der Waals surface area contributed by atoms with E-state index in [0.29, 0.717) is 17.9 Å². The van der Waals surface area contributed by atoms with E-state index in [4.69, 9.17) is 0 Å². The van der Waals surface area contributed by atoms with Gasteiger partial charge in [-0.25, -0.2) is 4.79 Å². The molecule has 104 valence electrons. The van der Waals surface area contributed by atoms with Gasteiger partial charge in [-0.15, -0.1) is 0 Å². The number of thioether (sulfide) groups is 1. The molecular formula is C13H24N2O2S. The molecule has 2 aliphatic rings. The Balaban J connectivity index is 1.66. The maximum Gasteiger partial charge on any atom is 0.314 e. The summed E-state index contributed by atoms with van der Waals surface area (Å²) < 4.78 is 0. The van der Waals surface area contributed by atoms with Gasteiger partial charge in [-0.1, -0.05) is 13.8 Å². The molecule has 1 heterocycles. The highest BCUT2D eigenvalue weighted by Crippen LogP contribution is 2.51. The second kappa shape index (κ2) is 5.29. The predicted octanol–water partition coefficient (Wildman–Crippen LogP) is 1.59. The van der Waals surface area contributed by atoms with Crippen LogP contribution in [0.25, 0.3) is 0 Å². The highest BCUT2D eigenvalue weighted by Gasteiger charge is 2.45. The number of hydrogen-bond acceptors (Lipinski definition) is 3. The molecule has 0 aromatic heterocycles. The maximum absolute atomic E-state index is 11.7. The molecule has 1 aliphatic heterocycles. The van der Waals surface area contributed by atoms with E-state index in [-0.39, 0.29) is 6.03 Å². The van der Waals surface area contributed by atoms with Gasteiger partial charge in [-0.2, -0.15) is 11.8 Å². The van der Waals surface area contributed by atoms with Crippen molar-refractivity contribution in [3.8, 4) is 0 Å². The standard InChI is InChI=1S/C13H24N2O2S/c1-10(2)12(3-4-12)7-14-11(16)15-8-13(17)5-6-18-9-13/h10,17H,3-9H2,1-2H3,(H2,14,15,16). The zero-order valence-electron chi connectivity index (χ0n) is 11.3. The van der Waals surface area contributed by atoms with Gasteiger partial charge >= 0.3 is 6.03 Å². The maximum atomic E-state index is 11.7. The van der Waals surface area contributed by atoms with Gasteiger partial charge in [0.1, 0.15) is 0 Å². The van der Waals surface area contributed by atoms with Gasteiger partial charge in [0.05, 0.1) is 5.60 Å². The Morgan fingerprint density at radius 1 is 1.28 bits per heavy atom. The fourth-order valence-electron chi connectivity index (χ4n) is 2.42. The lowest BCUT2D eigenvalue weighted by atomic mass is 9.92. The van der Waals surface area contributed by atoms with Crippen LogP contribution in [0.15, 0.2) is 0 Å². The van der Waals surface area contributed by atoms with Crippen molar-refractivity contribution in [2.75, 3.05) is 24.6 Å². The zero-order chi connectivity index (χ0) is 13.2. The first-order valence-electron chi connectivity index (χ1n) is 6.78. The number of amides is 2. The summed E-state index contributed by atoms with van der Waals surface area (Å²) in [6.07, 6.45) is 3.20. The van der Waals surface area contributed by atoms with Crippen molar-refractivity contribution < 1.29 is 9.90 Å². The molecule has 5 heteroatoms. The first kappa shape index (κ1) is 14.0. The first-order valence-corrected chi connectivity index (χ1v) is 7.93. The highest BCUT2D eigenvalue weighted by atomic mass is 32.2. The van der Waals surface area contributed by atoms with E-state index in [9.17, 15) is 9.90 Å². The van der Waals surface area contributed by atoms with Crippen LogP contribution in [0.4, 0.5) is 4.79 Å². The SMILES string of the molecule is CC(C)C1(CNC(=O)NCC2(O)CCSC2)CC1. The van der Waals surface area contributed by atoms with Crippen LogP contribution in [-0.4, -0.2) is 41.3 Å². The van der Waals surface area contributed by atoms with Gasteiger partial charge in [0.15, 0.2) is 0 Å². The molecule has 0 aromatic rings. The molecule has 4 nitrogen and oxygen atoms in total. The number of hydrogen-bond donors (Lipinski definition) is 3. The van der Waals surface area contributed by atoms with Crippen molar-refractivity contribution in [3.05, 3.63) is 0 Å². The van der Waals surface area contributed by atoms with Crippen LogP contribution in [-0.2, 0) is 0 Å². The minimum atomic E-state index is -0.697. The third-order valence-electron chi connectivity index (χ3n) is 4.38. The number of carbonyl (C=O) groups is 1. The molecule has 0 spiro atoms. The third kappa shape index (κ3) is 3.32. The van der Waals surface area contributed by atoms with Crippen LogP contribution in [0.2, 0.25) is 0 Å². The van der Waals surface area contributed by atoms with E-state index in [1.807, 2.05) is 0 Å². The number of rotatable bonds is 5.